The van der Waals surface area contributed by atoms with Gasteiger partial charge in [-0.2, -0.15) is 5.10 Å². The molecule has 0 atom stereocenters. The number of nitrogens with one attached hydrogen (secondary N) is 2. The highest BCUT2D eigenvalue weighted by molar-refractivity contribution is 5.90. The summed E-state index contributed by atoms with van der Waals surface area (Å²) in [6.45, 7) is 1.35. The first-order chi connectivity index (χ1) is 6.84. The van der Waals surface area contributed by atoms with Crippen LogP contribution in [0.15, 0.2) is 6.33 Å². The molecule has 0 aliphatic heterocycles. The van der Waals surface area contributed by atoms with Gasteiger partial charge in [-0.05, 0) is 12.8 Å². The number of H-pyrrole nitrogens is 1. The van der Waals surface area contributed by atoms with Gasteiger partial charge >= 0.3 is 0 Å². The molecule has 1 aromatic heterocycles. The molecular weight excluding hydrogens is 184 g/mol. The molecule has 1 heterocycles. The van der Waals surface area contributed by atoms with Gasteiger partial charge in [0.15, 0.2) is 0 Å². The average molecular weight is 198 g/mol. The lowest BCUT2D eigenvalue weighted by Gasteiger charge is -2.01. The molecule has 6 heteroatoms. The summed E-state index contributed by atoms with van der Waals surface area (Å²) in [4.78, 5) is 15.0. The predicted molar refractivity (Wildman–Crippen MR) is 49.8 cm³/mol. The van der Waals surface area contributed by atoms with Crippen molar-refractivity contribution in [2.75, 3.05) is 20.3 Å². The van der Waals surface area contributed by atoms with E-state index >= 15 is 0 Å². The highest BCUT2D eigenvalue weighted by atomic mass is 16.5. The van der Waals surface area contributed by atoms with Crippen LogP contribution < -0.4 is 5.32 Å². The van der Waals surface area contributed by atoms with Crippen LogP contribution in [0.4, 0.5) is 0 Å². The van der Waals surface area contributed by atoms with Crippen LogP contribution in [0.2, 0.25) is 0 Å². The number of carbonyl (C=O) groups is 1. The quantitative estimate of drug-likeness (QED) is 0.628. The van der Waals surface area contributed by atoms with Crippen LogP contribution in [-0.4, -0.2) is 41.3 Å². The Morgan fingerprint density at radius 1 is 1.64 bits per heavy atom. The maximum atomic E-state index is 11.3. The first-order valence-corrected chi connectivity index (χ1v) is 4.47. The van der Waals surface area contributed by atoms with Crippen molar-refractivity contribution in [1.29, 1.82) is 0 Å². The third-order valence-corrected chi connectivity index (χ3v) is 1.69. The van der Waals surface area contributed by atoms with Gasteiger partial charge in [-0.1, -0.05) is 0 Å². The lowest BCUT2D eigenvalue weighted by atomic mass is 10.3. The van der Waals surface area contributed by atoms with E-state index < -0.39 is 0 Å². The normalized spacial score (nSPS) is 10.1. The molecule has 1 amide bonds. The van der Waals surface area contributed by atoms with Gasteiger partial charge in [-0.15, -0.1) is 0 Å². The number of aromatic nitrogens is 3. The number of unbranched alkanes of at least 4 members (excludes halogenated alkanes) is 1. The van der Waals surface area contributed by atoms with E-state index in [4.69, 9.17) is 4.74 Å². The molecule has 0 aliphatic rings. The van der Waals surface area contributed by atoms with Crippen molar-refractivity contribution in [1.82, 2.24) is 20.5 Å². The summed E-state index contributed by atoms with van der Waals surface area (Å²) in [5, 5.41) is 8.79. The number of amides is 1. The van der Waals surface area contributed by atoms with Crippen LogP contribution in [-0.2, 0) is 4.74 Å². The minimum Gasteiger partial charge on any atom is -0.385 e. The first-order valence-electron chi connectivity index (χ1n) is 4.47. The molecule has 0 aromatic carbocycles. The Morgan fingerprint density at radius 2 is 2.50 bits per heavy atom. The third-order valence-electron chi connectivity index (χ3n) is 1.69. The Hall–Kier alpha value is -1.43. The van der Waals surface area contributed by atoms with Crippen LogP contribution in [0.1, 0.15) is 23.5 Å². The van der Waals surface area contributed by atoms with Crippen LogP contribution in [0, 0.1) is 0 Å². The molecule has 0 fully saturated rings. The van der Waals surface area contributed by atoms with E-state index in [1.807, 2.05) is 0 Å². The molecule has 2 N–H and O–H groups in total. The summed E-state index contributed by atoms with van der Waals surface area (Å²) in [6.07, 6.45) is 3.14. The SMILES string of the molecule is COCCCCNC(=O)c1ncn[nH]1. The Morgan fingerprint density at radius 3 is 3.14 bits per heavy atom. The largest absolute Gasteiger partial charge is 0.385 e. The van der Waals surface area contributed by atoms with Crippen LogP contribution >= 0.6 is 0 Å². The highest BCUT2D eigenvalue weighted by Crippen LogP contribution is 1.89. The van der Waals surface area contributed by atoms with Crippen LogP contribution in [0.25, 0.3) is 0 Å². The second-order valence-electron chi connectivity index (χ2n) is 2.79. The topological polar surface area (TPSA) is 79.9 Å². The minimum absolute atomic E-state index is 0.222. The van der Waals surface area contributed by atoms with E-state index in [0.717, 1.165) is 19.4 Å². The fourth-order valence-electron chi connectivity index (χ4n) is 0.972. The number of nitrogens with zero attached hydrogens (tertiary/aromatic N) is 2. The Kier molecular flexibility index (Phi) is 4.63. The maximum absolute atomic E-state index is 11.3. The van der Waals surface area contributed by atoms with Gasteiger partial charge in [0.1, 0.15) is 6.33 Å². The molecule has 78 valence electrons. The summed E-state index contributed by atoms with van der Waals surface area (Å²) in [5.74, 6) is 0.0247. The van der Waals surface area contributed by atoms with E-state index in [2.05, 4.69) is 20.5 Å². The van der Waals surface area contributed by atoms with E-state index in [1.165, 1.54) is 6.33 Å². The zero-order chi connectivity index (χ0) is 10.2. The molecule has 0 spiro atoms. The number of hydrogen-bond donors (Lipinski definition) is 2. The number of methoxy groups -OCH3 is 1. The van der Waals surface area contributed by atoms with Gasteiger partial charge in [0.25, 0.3) is 5.91 Å². The molecule has 0 unspecified atom stereocenters. The number of carbonyl (C=O) groups excluding carboxylic acids is 1. The Balaban J connectivity index is 2.10. The standard InChI is InChI=1S/C8H14N4O2/c1-14-5-3-2-4-9-8(13)7-10-6-11-12-7/h6H,2-5H2,1H3,(H,9,13)(H,10,11,12). The first kappa shape index (κ1) is 10.6. The summed E-state index contributed by atoms with van der Waals surface area (Å²) >= 11 is 0. The van der Waals surface area contributed by atoms with Crippen molar-refractivity contribution in [2.45, 2.75) is 12.8 Å². The molecule has 6 nitrogen and oxygen atoms in total. The van der Waals surface area contributed by atoms with E-state index in [-0.39, 0.29) is 11.7 Å². The van der Waals surface area contributed by atoms with Gasteiger partial charge in [-0.3, -0.25) is 9.89 Å². The monoisotopic (exact) mass is 198 g/mol. The molecule has 0 aliphatic carbocycles. The highest BCUT2D eigenvalue weighted by Gasteiger charge is 2.06. The smallest absolute Gasteiger partial charge is 0.288 e. The minimum atomic E-state index is -0.222. The molecule has 0 bridgehead atoms. The van der Waals surface area contributed by atoms with Gasteiger partial charge in [-0.25, -0.2) is 4.98 Å². The second-order valence-corrected chi connectivity index (χ2v) is 2.79. The lowest BCUT2D eigenvalue weighted by Crippen LogP contribution is -2.25. The zero-order valence-corrected chi connectivity index (χ0v) is 8.12. The average Bonchev–Trinajstić information content (AvgIpc) is 2.70. The molecular formula is C8H14N4O2. The fraction of sp³-hybridized carbons (Fsp3) is 0.625. The fourth-order valence-corrected chi connectivity index (χ4v) is 0.972. The van der Waals surface area contributed by atoms with Crippen molar-refractivity contribution in [3.8, 4) is 0 Å². The van der Waals surface area contributed by atoms with Gasteiger partial charge in [0, 0.05) is 20.3 Å². The summed E-state index contributed by atoms with van der Waals surface area (Å²) in [6, 6.07) is 0. The van der Waals surface area contributed by atoms with Crippen LogP contribution in [0.5, 0.6) is 0 Å². The molecule has 1 aromatic rings. The third kappa shape index (κ3) is 3.53. The van der Waals surface area contributed by atoms with E-state index in [1.54, 1.807) is 7.11 Å². The van der Waals surface area contributed by atoms with Gasteiger partial charge in [0.2, 0.25) is 5.82 Å². The number of rotatable bonds is 6. The molecule has 1 rings (SSSR count). The predicted octanol–water partition coefficient (Wildman–Crippen LogP) is -0.0389. The van der Waals surface area contributed by atoms with Gasteiger partial charge in [0.05, 0.1) is 0 Å². The molecule has 0 saturated heterocycles. The maximum Gasteiger partial charge on any atom is 0.288 e. The second kappa shape index (κ2) is 6.09. The van der Waals surface area contributed by atoms with Crippen molar-refractivity contribution in [3.05, 3.63) is 12.2 Å². The van der Waals surface area contributed by atoms with Crippen molar-refractivity contribution < 1.29 is 9.53 Å². The molecule has 0 radical (unpaired) electrons. The number of aromatic amines is 1. The van der Waals surface area contributed by atoms with Crippen LogP contribution in [0.3, 0.4) is 0 Å². The van der Waals surface area contributed by atoms with Crippen molar-refractivity contribution in [3.63, 3.8) is 0 Å². The number of ether oxygens (including phenoxy) is 1. The van der Waals surface area contributed by atoms with Crippen molar-refractivity contribution >= 4 is 5.91 Å². The number of hydrogen-bond acceptors (Lipinski definition) is 4. The van der Waals surface area contributed by atoms with Gasteiger partial charge < -0.3 is 10.1 Å². The lowest BCUT2D eigenvalue weighted by molar-refractivity contribution is 0.0941. The summed E-state index contributed by atoms with van der Waals surface area (Å²) in [5.41, 5.74) is 0. The van der Waals surface area contributed by atoms with E-state index in [9.17, 15) is 4.79 Å². The van der Waals surface area contributed by atoms with E-state index in [0.29, 0.717) is 6.54 Å². The van der Waals surface area contributed by atoms with Crippen molar-refractivity contribution in [2.24, 2.45) is 0 Å². The zero-order valence-electron chi connectivity index (χ0n) is 8.12. The Bertz CT molecular complexity index is 260. The molecule has 14 heavy (non-hydrogen) atoms. The Labute approximate surface area is 82.1 Å². The molecule has 0 saturated carbocycles. The summed E-state index contributed by atoms with van der Waals surface area (Å²) in [7, 11) is 1.66. The summed E-state index contributed by atoms with van der Waals surface area (Å²) < 4.78 is 4.88.